The first-order chi connectivity index (χ1) is 8.25. The topological polar surface area (TPSA) is 12.0 Å². The summed E-state index contributed by atoms with van der Waals surface area (Å²) in [5.41, 5.74) is 4.96. The third kappa shape index (κ3) is 1.75. The van der Waals surface area contributed by atoms with Gasteiger partial charge in [0, 0.05) is 18.7 Å². The summed E-state index contributed by atoms with van der Waals surface area (Å²) in [4.78, 5) is 0. The standard InChI is InChI=1S/C15H14FN/c1-10-3-2-4-14(15(10)16)11-5-6-12-8-17-9-13(12)7-11/h2-7,17H,8-9H2,1H3. The Morgan fingerprint density at radius 1 is 1.06 bits per heavy atom. The Hall–Kier alpha value is -1.67. The third-order valence-electron chi connectivity index (χ3n) is 3.34. The number of benzene rings is 2. The van der Waals surface area contributed by atoms with Crippen molar-refractivity contribution >= 4 is 0 Å². The first-order valence-corrected chi connectivity index (χ1v) is 5.84. The second kappa shape index (κ2) is 3.97. The summed E-state index contributed by atoms with van der Waals surface area (Å²) in [5.74, 6) is -0.113. The van der Waals surface area contributed by atoms with E-state index in [1.807, 2.05) is 18.2 Å². The van der Waals surface area contributed by atoms with E-state index in [4.69, 9.17) is 0 Å². The van der Waals surface area contributed by atoms with Crippen LogP contribution in [0.1, 0.15) is 16.7 Å². The van der Waals surface area contributed by atoms with Crippen LogP contribution in [0.3, 0.4) is 0 Å². The van der Waals surface area contributed by atoms with Crippen LogP contribution in [0.5, 0.6) is 0 Å². The fourth-order valence-corrected chi connectivity index (χ4v) is 2.33. The highest BCUT2D eigenvalue weighted by molar-refractivity contribution is 5.66. The fraction of sp³-hybridized carbons (Fsp3) is 0.200. The van der Waals surface area contributed by atoms with E-state index in [-0.39, 0.29) is 5.82 Å². The minimum Gasteiger partial charge on any atom is -0.309 e. The zero-order chi connectivity index (χ0) is 11.8. The van der Waals surface area contributed by atoms with Gasteiger partial charge in [0.15, 0.2) is 0 Å². The van der Waals surface area contributed by atoms with Crippen LogP contribution >= 0.6 is 0 Å². The molecule has 2 aromatic rings. The predicted octanol–water partition coefficient (Wildman–Crippen LogP) is 3.40. The van der Waals surface area contributed by atoms with E-state index < -0.39 is 0 Å². The van der Waals surface area contributed by atoms with Crippen LogP contribution in [0, 0.1) is 12.7 Å². The number of fused-ring (bicyclic) bond motifs is 1. The number of nitrogens with one attached hydrogen (secondary N) is 1. The number of halogens is 1. The van der Waals surface area contributed by atoms with Crippen molar-refractivity contribution in [2.45, 2.75) is 20.0 Å². The monoisotopic (exact) mass is 227 g/mol. The van der Waals surface area contributed by atoms with Crippen LogP contribution in [-0.2, 0) is 13.1 Å². The second-order valence-corrected chi connectivity index (χ2v) is 4.52. The molecule has 0 spiro atoms. The average Bonchev–Trinajstić information content (AvgIpc) is 2.79. The highest BCUT2D eigenvalue weighted by Crippen LogP contribution is 2.28. The first kappa shape index (κ1) is 10.5. The van der Waals surface area contributed by atoms with Gasteiger partial charge in [-0.2, -0.15) is 0 Å². The zero-order valence-electron chi connectivity index (χ0n) is 9.76. The van der Waals surface area contributed by atoms with Crippen molar-refractivity contribution in [3.05, 3.63) is 58.9 Å². The van der Waals surface area contributed by atoms with Crippen LogP contribution < -0.4 is 5.32 Å². The Bertz CT molecular complexity index is 575. The number of rotatable bonds is 1. The van der Waals surface area contributed by atoms with Crippen LogP contribution in [-0.4, -0.2) is 0 Å². The van der Waals surface area contributed by atoms with Gasteiger partial charge < -0.3 is 5.32 Å². The van der Waals surface area contributed by atoms with Gasteiger partial charge in [0.05, 0.1) is 0 Å². The molecule has 0 aliphatic carbocycles. The van der Waals surface area contributed by atoms with E-state index in [1.54, 1.807) is 13.0 Å². The van der Waals surface area contributed by atoms with Crippen LogP contribution in [0.25, 0.3) is 11.1 Å². The lowest BCUT2D eigenvalue weighted by Crippen LogP contribution is -1.99. The van der Waals surface area contributed by atoms with Crippen molar-refractivity contribution in [3.63, 3.8) is 0 Å². The van der Waals surface area contributed by atoms with E-state index >= 15 is 0 Å². The van der Waals surface area contributed by atoms with E-state index in [1.165, 1.54) is 11.1 Å². The van der Waals surface area contributed by atoms with Gasteiger partial charge >= 0.3 is 0 Å². The minimum atomic E-state index is -0.113. The van der Waals surface area contributed by atoms with Gasteiger partial charge in [0.1, 0.15) is 5.82 Å². The highest BCUT2D eigenvalue weighted by Gasteiger charge is 2.13. The summed E-state index contributed by atoms with van der Waals surface area (Å²) >= 11 is 0. The molecule has 1 heterocycles. The maximum atomic E-state index is 14.0. The molecule has 0 amide bonds. The Labute approximate surface area is 100 Å². The lowest BCUT2D eigenvalue weighted by atomic mass is 9.99. The van der Waals surface area contributed by atoms with Crippen LogP contribution in [0.4, 0.5) is 4.39 Å². The maximum Gasteiger partial charge on any atom is 0.133 e. The van der Waals surface area contributed by atoms with Gasteiger partial charge in [-0.15, -0.1) is 0 Å². The third-order valence-corrected chi connectivity index (χ3v) is 3.34. The molecule has 2 aromatic carbocycles. The molecule has 0 saturated carbocycles. The molecule has 0 unspecified atom stereocenters. The van der Waals surface area contributed by atoms with E-state index in [0.717, 1.165) is 18.7 Å². The molecule has 0 bridgehead atoms. The summed E-state index contributed by atoms with van der Waals surface area (Å²) in [6.45, 7) is 3.61. The van der Waals surface area contributed by atoms with Crippen molar-refractivity contribution in [2.75, 3.05) is 0 Å². The van der Waals surface area contributed by atoms with Gasteiger partial charge in [0.25, 0.3) is 0 Å². The molecule has 3 rings (SSSR count). The quantitative estimate of drug-likeness (QED) is 0.787. The molecule has 0 atom stereocenters. The molecule has 2 heteroatoms. The van der Waals surface area contributed by atoms with Gasteiger partial charge in [-0.1, -0.05) is 30.3 Å². The molecule has 86 valence electrons. The smallest absolute Gasteiger partial charge is 0.133 e. The molecule has 1 nitrogen and oxygen atoms in total. The van der Waals surface area contributed by atoms with Crippen LogP contribution in [0.15, 0.2) is 36.4 Å². The number of hydrogen-bond donors (Lipinski definition) is 1. The first-order valence-electron chi connectivity index (χ1n) is 5.84. The van der Waals surface area contributed by atoms with Gasteiger partial charge in [-0.25, -0.2) is 4.39 Å². The number of aryl methyl sites for hydroxylation is 1. The van der Waals surface area contributed by atoms with E-state index in [2.05, 4.69) is 17.4 Å². The van der Waals surface area contributed by atoms with Gasteiger partial charge in [-0.3, -0.25) is 0 Å². The van der Waals surface area contributed by atoms with E-state index in [9.17, 15) is 4.39 Å². The lowest BCUT2D eigenvalue weighted by molar-refractivity contribution is 0.622. The molecular weight excluding hydrogens is 213 g/mol. The normalized spacial score (nSPS) is 13.8. The molecule has 17 heavy (non-hydrogen) atoms. The van der Waals surface area contributed by atoms with Gasteiger partial charge in [-0.05, 0) is 35.2 Å². The minimum absolute atomic E-state index is 0.113. The van der Waals surface area contributed by atoms with Crippen molar-refractivity contribution in [2.24, 2.45) is 0 Å². The summed E-state index contributed by atoms with van der Waals surface area (Å²) < 4.78 is 14.0. The number of hydrogen-bond acceptors (Lipinski definition) is 1. The van der Waals surface area contributed by atoms with Crippen molar-refractivity contribution in [1.29, 1.82) is 0 Å². The Morgan fingerprint density at radius 3 is 2.76 bits per heavy atom. The maximum absolute atomic E-state index is 14.0. The molecule has 0 radical (unpaired) electrons. The predicted molar refractivity (Wildman–Crippen MR) is 67.1 cm³/mol. The summed E-state index contributed by atoms with van der Waals surface area (Å²) in [6.07, 6.45) is 0. The molecule has 1 aliphatic rings. The lowest BCUT2D eigenvalue weighted by Gasteiger charge is -2.07. The fourth-order valence-electron chi connectivity index (χ4n) is 2.33. The second-order valence-electron chi connectivity index (χ2n) is 4.52. The molecule has 1 aliphatic heterocycles. The SMILES string of the molecule is Cc1cccc(-c2ccc3c(c2)CNC3)c1F. The van der Waals surface area contributed by atoms with Crippen molar-refractivity contribution < 1.29 is 4.39 Å². The molecular formula is C15H14FN. The average molecular weight is 227 g/mol. The Morgan fingerprint density at radius 2 is 1.88 bits per heavy atom. The molecule has 0 saturated heterocycles. The summed E-state index contributed by atoms with van der Waals surface area (Å²) in [5, 5.41) is 3.30. The molecule has 0 aromatic heterocycles. The summed E-state index contributed by atoms with van der Waals surface area (Å²) in [6, 6.07) is 11.7. The Kier molecular flexibility index (Phi) is 2.45. The molecule has 0 fully saturated rings. The van der Waals surface area contributed by atoms with E-state index in [0.29, 0.717) is 11.1 Å². The Balaban J connectivity index is 2.13. The summed E-state index contributed by atoms with van der Waals surface area (Å²) in [7, 11) is 0. The van der Waals surface area contributed by atoms with Crippen LogP contribution in [0.2, 0.25) is 0 Å². The largest absolute Gasteiger partial charge is 0.309 e. The molecule has 1 N–H and O–H groups in total. The van der Waals surface area contributed by atoms with Gasteiger partial charge in [0.2, 0.25) is 0 Å². The van der Waals surface area contributed by atoms with Crippen molar-refractivity contribution in [1.82, 2.24) is 5.32 Å². The highest BCUT2D eigenvalue weighted by atomic mass is 19.1. The zero-order valence-corrected chi connectivity index (χ0v) is 9.76. The van der Waals surface area contributed by atoms with Crippen molar-refractivity contribution in [3.8, 4) is 11.1 Å².